The van der Waals surface area contributed by atoms with Gasteiger partial charge in [-0.2, -0.15) is 0 Å². The van der Waals surface area contributed by atoms with Crippen molar-refractivity contribution in [2.75, 3.05) is 20.3 Å². The van der Waals surface area contributed by atoms with E-state index in [0.29, 0.717) is 46.6 Å². The Morgan fingerprint density at radius 1 is 1.12 bits per heavy atom. The number of carbonyl (C=O) groups is 1. The Labute approximate surface area is 157 Å². The third-order valence-electron chi connectivity index (χ3n) is 3.56. The van der Waals surface area contributed by atoms with Crippen molar-refractivity contribution < 1.29 is 24.1 Å². The highest BCUT2D eigenvalue weighted by atomic mass is 35.5. The first-order valence-electron chi connectivity index (χ1n) is 8.18. The second kappa shape index (κ2) is 9.15. The maximum atomic E-state index is 11.7. The second-order valence-electron chi connectivity index (χ2n) is 5.29. The maximum Gasteiger partial charge on any atom is 0.336 e. The maximum absolute atomic E-state index is 11.7. The van der Waals surface area contributed by atoms with Crippen molar-refractivity contribution in [1.82, 2.24) is 0 Å². The van der Waals surface area contributed by atoms with Gasteiger partial charge in [0.05, 0.1) is 30.9 Å². The van der Waals surface area contributed by atoms with Crippen molar-refractivity contribution in [3.63, 3.8) is 0 Å². The fraction of sp³-hybridized carbons (Fsp3) is 0.250. The van der Waals surface area contributed by atoms with Crippen molar-refractivity contribution in [2.45, 2.75) is 13.8 Å². The molecule has 0 bridgehead atoms. The van der Waals surface area contributed by atoms with Crippen LogP contribution in [0.5, 0.6) is 17.2 Å². The lowest BCUT2D eigenvalue weighted by molar-refractivity contribution is -0.130. The molecule has 1 N–H and O–H groups in total. The molecule has 0 fully saturated rings. The van der Waals surface area contributed by atoms with Crippen molar-refractivity contribution in [1.29, 1.82) is 0 Å². The molecule has 0 radical (unpaired) electrons. The molecule has 0 spiro atoms. The number of carboxylic acid groups (broad SMARTS) is 1. The molecule has 5 nitrogen and oxygen atoms in total. The van der Waals surface area contributed by atoms with Gasteiger partial charge in [0, 0.05) is 0 Å². The van der Waals surface area contributed by atoms with Crippen molar-refractivity contribution in [3.05, 3.63) is 52.5 Å². The molecule has 0 aliphatic carbocycles. The minimum atomic E-state index is -1.04. The molecule has 0 saturated heterocycles. The number of ether oxygens (including phenoxy) is 3. The number of halogens is 1. The highest BCUT2D eigenvalue weighted by molar-refractivity contribution is 6.32. The molecule has 2 aromatic carbocycles. The van der Waals surface area contributed by atoms with Gasteiger partial charge >= 0.3 is 5.97 Å². The van der Waals surface area contributed by atoms with Gasteiger partial charge in [-0.3, -0.25) is 0 Å². The van der Waals surface area contributed by atoms with Crippen LogP contribution >= 0.6 is 11.6 Å². The molecule has 0 heterocycles. The van der Waals surface area contributed by atoms with E-state index in [1.165, 1.54) is 0 Å². The summed E-state index contributed by atoms with van der Waals surface area (Å²) in [5.74, 6) is 0.543. The van der Waals surface area contributed by atoms with Crippen molar-refractivity contribution in [2.24, 2.45) is 0 Å². The Bertz CT molecular complexity index is 797. The lowest BCUT2D eigenvalue weighted by Gasteiger charge is -2.13. The summed E-state index contributed by atoms with van der Waals surface area (Å²) >= 11 is 6.30. The van der Waals surface area contributed by atoms with E-state index >= 15 is 0 Å². The van der Waals surface area contributed by atoms with E-state index in [4.69, 9.17) is 25.8 Å². The van der Waals surface area contributed by atoms with E-state index < -0.39 is 5.97 Å². The Morgan fingerprint density at radius 3 is 2.31 bits per heavy atom. The normalized spacial score (nSPS) is 11.2. The quantitative estimate of drug-likeness (QED) is 0.531. The van der Waals surface area contributed by atoms with Gasteiger partial charge < -0.3 is 19.3 Å². The van der Waals surface area contributed by atoms with E-state index in [1.54, 1.807) is 49.6 Å². The molecular formula is C20H21ClO5. The second-order valence-corrected chi connectivity index (χ2v) is 5.69. The van der Waals surface area contributed by atoms with Crippen LogP contribution in [0.3, 0.4) is 0 Å². The number of hydrogen-bond acceptors (Lipinski definition) is 4. The van der Waals surface area contributed by atoms with Crippen LogP contribution in [0.25, 0.3) is 11.6 Å². The summed E-state index contributed by atoms with van der Waals surface area (Å²) in [5.41, 5.74) is 1.30. The van der Waals surface area contributed by atoms with Crippen LogP contribution in [0.2, 0.25) is 5.02 Å². The van der Waals surface area contributed by atoms with Crippen LogP contribution in [0.1, 0.15) is 25.0 Å². The van der Waals surface area contributed by atoms with Crippen LogP contribution in [0, 0.1) is 0 Å². The van der Waals surface area contributed by atoms with Gasteiger partial charge in [0.25, 0.3) is 0 Å². The Morgan fingerprint density at radius 2 is 1.77 bits per heavy atom. The zero-order valence-electron chi connectivity index (χ0n) is 14.9. The standard InChI is InChI=1S/C20H21ClO5/c1-4-25-18-12-13(11-17(21)19(18)26-5-2)10-16(20(22)23)14-6-8-15(24-3)9-7-14/h6-12H,4-5H2,1-3H3,(H,22,23)/b16-10-. The highest BCUT2D eigenvalue weighted by Crippen LogP contribution is 2.37. The van der Waals surface area contributed by atoms with Crippen molar-refractivity contribution >= 4 is 29.2 Å². The first-order chi connectivity index (χ1) is 12.5. The predicted molar refractivity (Wildman–Crippen MR) is 102 cm³/mol. The van der Waals surface area contributed by atoms with Crippen molar-refractivity contribution in [3.8, 4) is 17.2 Å². The largest absolute Gasteiger partial charge is 0.497 e. The molecule has 0 aromatic heterocycles. The lowest BCUT2D eigenvalue weighted by atomic mass is 10.0. The third-order valence-corrected chi connectivity index (χ3v) is 3.84. The van der Waals surface area contributed by atoms with E-state index in [1.807, 2.05) is 13.8 Å². The molecule has 26 heavy (non-hydrogen) atoms. The van der Waals surface area contributed by atoms with Crippen LogP contribution in [0.15, 0.2) is 36.4 Å². The Kier molecular flexibility index (Phi) is 6.92. The van der Waals surface area contributed by atoms with Crippen LogP contribution in [0.4, 0.5) is 0 Å². The van der Waals surface area contributed by atoms with Crippen LogP contribution in [-0.2, 0) is 4.79 Å². The summed E-state index contributed by atoms with van der Waals surface area (Å²) < 4.78 is 16.2. The smallest absolute Gasteiger partial charge is 0.336 e. The molecule has 0 unspecified atom stereocenters. The summed E-state index contributed by atoms with van der Waals surface area (Å²) in [7, 11) is 1.56. The summed E-state index contributed by atoms with van der Waals surface area (Å²) in [6.45, 7) is 4.59. The summed E-state index contributed by atoms with van der Waals surface area (Å²) in [6.07, 6.45) is 1.55. The van der Waals surface area contributed by atoms with Gasteiger partial charge in [-0.15, -0.1) is 0 Å². The van der Waals surface area contributed by atoms with Crippen LogP contribution < -0.4 is 14.2 Å². The number of aliphatic carboxylic acids is 1. The van der Waals surface area contributed by atoms with E-state index in [-0.39, 0.29) is 5.57 Å². The van der Waals surface area contributed by atoms with E-state index in [0.717, 1.165) is 0 Å². The monoisotopic (exact) mass is 376 g/mol. The highest BCUT2D eigenvalue weighted by Gasteiger charge is 2.15. The molecule has 0 amide bonds. The number of carboxylic acids is 1. The summed E-state index contributed by atoms with van der Waals surface area (Å²) in [5, 5.41) is 9.97. The summed E-state index contributed by atoms with van der Waals surface area (Å²) in [6, 6.07) is 10.2. The molecule has 0 saturated carbocycles. The molecule has 2 aromatic rings. The fourth-order valence-electron chi connectivity index (χ4n) is 2.42. The lowest BCUT2D eigenvalue weighted by Crippen LogP contribution is -2.01. The molecule has 138 valence electrons. The molecule has 6 heteroatoms. The fourth-order valence-corrected chi connectivity index (χ4v) is 2.70. The zero-order chi connectivity index (χ0) is 19.1. The molecule has 0 atom stereocenters. The van der Waals surface area contributed by atoms with Gasteiger partial charge in [0.2, 0.25) is 0 Å². The van der Waals surface area contributed by atoms with Gasteiger partial charge in [0.1, 0.15) is 5.75 Å². The topological polar surface area (TPSA) is 65.0 Å². The minimum Gasteiger partial charge on any atom is -0.497 e. The first-order valence-corrected chi connectivity index (χ1v) is 8.56. The molecule has 0 aliphatic rings. The van der Waals surface area contributed by atoms with Crippen LogP contribution in [-0.4, -0.2) is 31.4 Å². The van der Waals surface area contributed by atoms with E-state index in [2.05, 4.69) is 0 Å². The number of rotatable bonds is 8. The molecular weight excluding hydrogens is 356 g/mol. The average molecular weight is 377 g/mol. The Hall–Kier alpha value is -2.66. The number of benzene rings is 2. The first kappa shape index (κ1) is 19.7. The molecule has 2 rings (SSSR count). The average Bonchev–Trinajstić information content (AvgIpc) is 2.62. The van der Waals surface area contributed by atoms with Gasteiger partial charge in [-0.1, -0.05) is 23.7 Å². The van der Waals surface area contributed by atoms with E-state index in [9.17, 15) is 9.90 Å². The third kappa shape index (κ3) is 4.70. The summed E-state index contributed by atoms with van der Waals surface area (Å²) in [4.78, 5) is 11.7. The Balaban J connectivity index is 2.50. The van der Waals surface area contributed by atoms with Gasteiger partial charge in [0.15, 0.2) is 11.5 Å². The van der Waals surface area contributed by atoms with Gasteiger partial charge in [-0.05, 0) is 55.3 Å². The molecule has 0 aliphatic heterocycles. The minimum absolute atomic E-state index is 0.135. The zero-order valence-corrected chi connectivity index (χ0v) is 15.7. The predicted octanol–water partition coefficient (Wildman–Crippen LogP) is 4.77. The number of methoxy groups -OCH3 is 1. The van der Waals surface area contributed by atoms with Gasteiger partial charge in [-0.25, -0.2) is 4.79 Å². The number of hydrogen-bond donors (Lipinski definition) is 1. The SMILES string of the molecule is CCOc1cc(/C=C(\C(=O)O)c2ccc(OC)cc2)cc(Cl)c1OCC.